The third kappa shape index (κ3) is 3.09. The maximum absolute atomic E-state index is 12.1. The molecular weight excluding hydrogens is 306 g/mol. The van der Waals surface area contributed by atoms with Crippen LogP contribution < -0.4 is 5.32 Å². The second-order valence-corrected chi connectivity index (χ2v) is 4.89. The molecule has 4 heteroatoms. The first-order chi connectivity index (χ1) is 9.09. The summed E-state index contributed by atoms with van der Waals surface area (Å²) in [6, 6.07) is 14.1. The van der Waals surface area contributed by atoms with Crippen molar-refractivity contribution in [1.29, 1.82) is 0 Å². The first-order valence-corrected chi connectivity index (χ1v) is 6.54. The Balaban J connectivity index is 2.34. The van der Waals surface area contributed by atoms with Crippen LogP contribution in [0, 0.1) is 0 Å². The number of ketones is 1. The fraction of sp³-hybridized carbons (Fsp3) is 0.0667. The van der Waals surface area contributed by atoms with Crippen LogP contribution in [0.25, 0.3) is 0 Å². The highest BCUT2D eigenvalue weighted by Crippen LogP contribution is 2.27. The van der Waals surface area contributed by atoms with E-state index >= 15 is 0 Å². The summed E-state index contributed by atoms with van der Waals surface area (Å²) in [5, 5.41) is 2.77. The monoisotopic (exact) mass is 317 g/mol. The number of hydrogen-bond acceptors (Lipinski definition) is 2. The summed E-state index contributed by atoms with van der Waals surface area (Å²) in [6.07, 6.45) is 0. The van der Waals surface area contributed by atoms with Crippen molar-refractivity contribution in [2.24, 2.45) is 0 Å². The van der Waals surface area contributed by atoms with Crippen LogP contribution >= 0.6 is 15.9 Å². The molecule has 0 unspecified atom stereocenters. The number of rotatable bonds is 3. The fourth-order valence-electron chi connectivity index (χ4n) is 1.72. The smallest absolute Gasteiger partial charge is 0.255 e. The van der Waals surface area contributed by atoms with Crippen molar-refractivity contribution in [2.45, 2.75) is 6.92 Å². The van der Waals surface area contributed by atoms with E-state index in [9.17, 15) is 9.59 Å². The Morgan fingerprint density at radius 1 is 1.00 bits per heavy atom. The van der Waals surface area contributed by atoms with E-state index in [1.54, 1.807) is 42.5 Å². The largest absolute Gasteiger partial charge is 0.320 e. The topological polar surface area (TPSA) is 46.2 Å². The van der Waals surface area contributed by atoms with Gasteiger partial charge in [0.25, 0.3) is 5.91 Å². The minimum atomic E-state index is -0.241. The minimum absolute atomic E-state index is 0.0929. The van der Waals surface area contributed by atoms with Crippen molar-refractivity contribution < 1.29 is 9.59 Å². The molecule has 0 atom stereocenters. The molecule has 0 fully saturated rings. The van der Waals surface area contributed by atoms with E-state index < -0.39 is 0 Å². The zero-order valence-electron chi connectivity index (χ0n) is 10.3. The Morgan fingerprint density at radius 3 is 2.32 bits per heavy atom. The molecule has 0 aliphatic rings. The van der Waals surface area contributed by atoms with Gasteiger partial charge in [-0.1, -0.05) is 24.3 Å². The van der Waals surface area contributed by atoms with Crippen LogP contribution in [0.15, 0.2) is 53.0 Å². The summed E-state index contributed by atoms with van der Waals surface area (Å²) < 4.78 is 0.685. The van der Waals surface area contributed by atoms with Crippen LogP contribution in [0.2, 0.25) is 0 Å². The Labute approximate surface area is 119 Å². The molecule has 2 rings (SSSR count). The second kappa shape index (κ2) is 5.80. The van der Waals surface area contributed by atoms with E-state index in [2.05, 4.69) is 21.2 Å². The third-order valence-corrected chi connectivity index (χ3v) is 3.33. The van der Waals surface area contributed by atoms with Crippen molar-refractivity contribution >= 4 is 33.3 Å². The number of nitrogens with one attached hydrogen (secondary N) is 1. The van der Waals surface area contributed by atoms with Crippen molar-refractivity contribution in [3.63, 3.8) is 0 Å². The van der Waals surface area contributed by atoms with Gasteiger partial charge in [0, 0.05) is 15.6 Å². The first kappa shape index (κ1) is 13.5. The van der Waals surface area contributed by atoms with E-state index in [1.807, 2.05) is 6.07 Å². The standard InChI is InChI=1S/C15H12BrNO2/c1-10(18)12-8-5-9-13(16)14(12)17-15(19)11-6-3-2-4-7-11/h2-9H,1H3,(H,17,19). The zero-order chi connectivity index (χ0) is 13.8. The summed E-state index contributed by atoms with van der Waals surface area (Å²) in [5.74, 6) is -0.334. The molecule has 0 aliphatic heterocycles. The lowest BCUT2D eigenvalue weighted by molar-refractivity contribution is 0.101. The van der Waals surface area contributed by atoms with Crippen molar-refractivity contribution in [3.8, 4) is 0 Å². The van der Waals surface area contributed by atoms with E-state index in [0.717, 1.165) is 0 Å². The molecule has 2 aromatic carbocycles. The Morgan fingerprint density at radius 2 is 1.68 bits per heavy atom. The molecule has 19 heavy (non-hydrogen) atoms. The number of carbonyl (C=O) groups is 2. The number of halogens is 1. The van der Waals surface area contributed by atoms with Gasteiger partial charge >= 0.3 is 0 Å². The highest BCUT2D eigenvalue weighted by Gasteiger charge is 2.14. The molecule has 0 bridgehead atoms. The van der Waals surface area contributed by atoms with Crippen LogP contribution in [0.5, 0.6) is 0 Å². The molecule has 0 aromatic heterocycles. The maximum Gasteiger partial charge on any atom is 0.255 e. The molecule has 1 amide bonds. The van der Waals surface area contributed by atoms with Crippen LogP contribution in [0.4, 0.5) is 5.69 Å². The molecule has 1 N–H and O–H groups in total. The van der Waals surface area contributed by atoms with Gasteiger partial charge in [-0.25, -0.2) is 0 Å². The highest BCUT2D eigenvalue weighted by molar-refractivity contribution is 9.10. The van der Waals surface area contributed by atoms with Gasteiger partial charge in [-0.3, -0.25) is 9.59 Å². The van der Waals surface area contributed by atoms with E-state index in [-0.39, 0.29) is 11.7 Å². The van der Waals surface area contributed by atoms with Crippen molar-refractivity contribution in [3.05, 3.63) is 64.1 Å². The normalized spacial score (nSPS) is 10.0. The summed E-state index contributed by atoms with van der Waals surface area (Å²) in [5.41, 5.74) is 1.54. The molecule has 96 valence electrons. The van der Waals surface area contributed by atoms with Gasteiger partial charge in [-0.2, -0.15) is 0 Å². The number of Topliss-reactive ketones (excluding diaryl/α,β-unsaturated/α-hetero) is 1. The number of anilines is 1. The molecular formula is C15H12BrNO2. The van der Waals surface area contributed by atoms with Gasteiger partial charge in [0.05, 0.1) is 5.69 Å². The number of benzene rings is 2. The van der Waals surface area contributed by atoms with Crippen LogP contribution in [0.3, 0.4) is 0 Å². The third-order valence-electron chi connectivity index (χ3n) is 2.67. The average molecular weight is 318 g/mol. The molecule has 0 heterocycles. The maximum atomic E-state index is 12.1. The Kier molecular flexibility index (Phi) is 4.12. The van der Waals surface area contributed by atoms with Gasteiger partial charge < -0.3 is 5.32 Å². The second-order valence-electron chi connectivity index (χ2n) is 4.04. The van der Waals surface area contributed by atoms with Crippen LogP contribution in [-0.4, -0.2) is 11.7 Å². The number of carbonyl (C=O) groups excluding carboxylic acids is 2. The fourth-order valence-corrected chi connectivity index (χ4v) is 2.19. The van der Waals surface area contributed by atoms with E-state index in [0.29, 0.717) is 21.3 Å². The summed E-state index contributed by atoms with van der Waals surface area (Å²) in [4.78, 5) is 23.7. The predicted octanol–water partition coefficient (Wildman–Crippen LogP) is 3.90. The van der Waals surface area contributed by atoms with E-state index in [1.165, 1.54) is 6.92 Å². The highest BCUT2D eigenvalue weighted by atomic mass is 79.9. The first-order valence-electron chi connectivity index (χ1n) is 5.75. The SMILES string of the molecule is CC(=O)c1cccc(Br)c1NC(=O)c1ccccc1. The lowest BCUT2D eigenvalue weighted by Gasteiger charge is -2.11. The lowest BCUT2D eigenvalue weighted by Crippen LogP contribution is -2.14. The van der Waals surface area contributed by atoms with Gasteiger partial charge in [0.2, 0.25) is 0 Å². The quantitative estimate of drug-likeness (QED) is 0.872. The predicted molar refractivity (Wildman–Crippen MR) is 78.5 cm³/mol. The molecule has 0 aliphatic carbocycles. The zero-order valence-corrected chi connectivity index (χ0v) is 11.9. The summed E-state index contributed by atoms with van der Waals surface area (Å²) in [7, 11) is 0. The van der Waals surface area contributed by atoms with Gasteiger partial charge in [0.15, 0.2) is 5.78 Å². The molecule has 0 saturated heterocycles. The van der Waals surface area contributed by atoms with Gasteiger partial charge in [-0.15, -0.1) is 0 Å². The lowest BCUT2D eigenvalue weighted by atomic mass is 10.1. The number of para-hydroxylation sites is 1. The summed E-state index contributed by atoms with van der Waals surface area (Å²) >= 11 is 3.35. The van der Waals surface area contributed by atoms with Gasteiger partial charge in [0.1, 0.15) is 0 Å². The van der Waals surface area contributed by atoms with Gasteiger partial charge in [-0.05, 0) is 47.1 Å². The number of amides is 1. The van der Waals surface area contributed by atoms with E-state index in [4.69, 9.17) is 0 Å². The van der Waals surface area contributed by atoms with Crippen LogP contribution in [-0.2, 0) is 0 Å². The van der Waals surface area contributed by atoms with Crippen molar-refractivity contribution in [2.75, 3.05) is 5.32 Å². The number of hydrogen-bond donors (Lipinski definition) is 1. The average Bonchev–Trinajstić information content (AvgIpc) is 2.41. The summed E-state index contributed by atoms with van der Waals surface area (Å²) in [6.45, 7) is 1.47. The molecule has 2 aromatic rings. The molecule has 0 radical (unpaired) electrons. The minimum Gasteiger partial charge on any atom is -0.320 e. The Bertz CT molecular complexity index is 623. The molecule has 0 spiro atoms. The molecule has 0 saturated carbocycles. The Hall–Kier alpha value is -1.94. The van der Waals surface area contributed by atoms with Crippen LogP contribution in [0.1, 0.15) is 27.6 Å². The van der Waals surface area contributed by atoms with Crippen molar-refractivity contribution in [1.82, 2.24) is 0 Å². The molecule has 3 nitrogen and oxygen atoms in total.